The molecule has 2 rings (SSSR count). The number of benzene rings is 1. The van der Waals surface area contributed by atoms with Gasteiger partial charge in [0.2, 0.25) is 0 Å². The highest BCUT2D eigenvalue weighted by Crippen LogP contribution is 2.22. The Labute approximate surface area is 112 Å². The second kappa shape index (κ2) is 5.96. The highest BCUT2D eigenvalue weighted by atomic mass is 32.1. The molecule has 0 fully saturated rings. The first-order valence-corrected chi connectivity index (χ1v) is 7.17. The maximum atomic E-state index is 12.2. The van der Waals surface area contributed by atoms with E-state index in [1.165, 1.54) is 9.75 Å². The van der Waals surface area contributed by atoms with Gasteiger partial charge in [0.1, 0.15) is 5.78 Å². The molecule has 0 N–H and O–H groups in total. The Morgan fingerprint density at radius 1 is 1.11 bits per heavy atom. The molecule has 1 aromatic heterocycles. The van der Waals surface area contributed by atoms with Crippen molar-refractivity contribution in [1.82, 2.24) is 0 Å². The Hall–Kier alpha value is -1.41. The van der Waals surface area contributed by atoms with Crippen molar-refractivity contribution in [3.8, 4) is 0 Å². The van der Waals surface area contributed by atoms with Crippen LogP contribution in [0.15, 0.2) is 42.5 Å². The quantitative estimate of drug-likeness (QED) is 0.784. The molecule has 0 bridgehead atoms. The number of thiophene rings is 1. The lowest BCUT2D eigenvalue weighted by molar-refractivity contribution is -0.119. The Morgan fingerprint density at radius 3 is 2.39 bits per heavy atom. The summed E-state index contributed by atoms with van der Waals surface area (Å²) in [7, 11) is 0. The number of carbonyl (C=O) groups excluding carboxylic acids is 1. The van der Waals surface area contributed by atoms with Crippen LogP contribution in [0.5, 0.6) is 0 Å². The monoisotopic (exact) mass is 258 g/mol. The van der Waals surface area contributed by atoms with Crippen LogP contribution in [0.2, 0.25) is 0 Å². The van der Waals surface area contributed by atoms with Gasteiger partial charge in [-0.15, -0.1) is 11.3 Å². The molecule has 2 heteroatoms. The summed E-state index contributed by atoms with van der Waals surface area (Å²) in [4.78, 5) is 14.7. The summed E-state index contributed by atoms with van der Waals surface area (Å²) in [5.74, 6) is 0.282. The fourth-order valence-electron chi connectivity index (χ4n) is 1.96. The third-order valence-electron chi connectivity index (χ3n) is 3.20. The summed E-state index contributed by atoms with van der Waals surface area (Å²) in [6, 6.07) is 14.2. The normalized spacial score (nSPS) is 12.3. The molecule has 0 spiro atoms. The third-order valence-corrected chi connectivity index (χ3v) is 4.43. The molecule has 1 aromatic carbocycles. The van der Waals surface area contributed by atoms with Gasteiger partial charge in [-0.3, -0.25) is 4.79 Å². The fraction of sp³-hybridized carbons (Fsp3) is 0.312. The van der Waals surface area contributed by atoms with Crippen molar-refractivity contribution in [2.45, 2.75) is 32.6 Å². The SMILES string of the molecule is CCc1ccc(CC(=O)C(C)c2ccccc2)s1. The van der Waals surface area contributed by atoms with Crippen molar-refractivity contribution in [3.05, 3.63) is 57.8 Å². The van der Waals surface area contributed by atoms with Gasteiger partial charge in [0.25, 0.3) is 0 Å². The second-order valence-corrected chi connectivity index (χ2v) is 5.75. The summed E-state index contributed by atoms with van der Waals surface area (Å²) in [6.45, 7) is 4.13. The summed E-state index contributed by atoms with van der Waals surface area (Å²) in [5, 5.41) is 0. The molecule has 94 valence electrons. The van der Waals surface area contributed by atoms with Crippen molar-refractivity contribution in [2.24, 2.45) is 0 Å². The van der Waals surface area contributed by atoms with Gasteiger partial charge in [-0.05, 0) is 24.1 Å². The van der Waals surface area contributed by atoms with E-state index in [-0.39, 0.29) is 5.92 Å². The zero-order valence-electron chi connectivity index (χ0n) is 10.8. The van der Waals surface area contributed by atoms with Gasteiger partial charge in [0.05, 0.1) is 0 Å². The molecule has 0 aliphatic carbocycles. The van der Waals surface area contributed by atoms with E-state index in [1.807, 2.05) is 37.3 Å². The molecular formula is C16H18OS. The predicted molar refractivity (Wildman–Crippen MR) is 77.3 cm³/mol. The van der Waals surface area contributed by atoms with Crippen molar-refractivity contribution in [3.63, 3.8) is 0 Å². The van der Waals surface area contributed by atoms with Gasteiger partial charge in [0.15, 0.2) is 0 Å². The van der Waals surface area contributed by atoms with Crippen LogP contribution < -0.4 is 0 Å². The van der Waals surface area contributed by atoms with Gasteiger partial charge in [0, 0.05) is 22.1 Å². The lowest BCUT2D eigenvalue weighted by Crippen LogP contribution is -2.11. The van der Waals surface area contributed by atoms with Crippen LogP contribution in [0.3, 0.4) is 0 Å². The van der Waals surface area contributed by atoms with Crippen molar-refractivity contribution in [1.29, 1.82) is 0 Å². The topological polar surface area (TPSA) is 17.1 Å². The molecular weight excluding hydrogens is 240 g/mol. The van der Waals surface area contributed by atoms with E-state index in [9.17, 15) is 4.79 Å². The average Bonchev–Trinajstić information content (AvgIpc) is 2.86. The zero-order chi connectivity index (χ0) is 13.0. The second-order valence-electron chi connectivity index (χ2n) is 4.50. The third kappa shape index (κ3) is 3.08. The Morgan fingerprint density at radius 2 is 1.78 bits per heavy atom. The van der Waals surface area contributed by atoms with E-state index >= 15 is 0 Å². The average molecular weight is 258 g/mol. The minimum atomic E-state index is -0.0154. The number of hydrogen-bond acceptors (Lipinski definition) is 2. The molecule has 2 aromatic rings. The molecule has 1 unspecified atom stereocenters. The Bertz CT molecular complexity index is 513. The van der Waals surface area contributed by atoms with Gasteiger partial charge in [-0.1, -0.05) is 44.2 Å². The summed E-state index contributed by atoms with van der Waals surface area (Å²) >= 11 is 1.75. The largest absolute Gasteiger partial charge is 0.299 e. The number of Topliss-reactive ketones (excluding diaryl/α,β-unsaturated/α-hetero) is 1. The summed E-state index contributed by atoms with van der Waals surface area (Å²) in [6.07, 6.45) is 1.60. The van der Waals surface area contributed by atoms with Crippen LogP contribution in [0, 0.1) is 0 Å². The summed E-state index contributed by atoms with van der Waals surface area (Å²) < 4.78 is 0. The fourth-order valence-corrected chi connectivity index (χ4v) is 2.93. The van der Waals surface area contributed by atoms with Crippen molar-refractivity contribution >= 4 is 17.1 Å². The highest BCUT2D eigenvalue weighted by Gasteiger charge is 2.15. The Balaban J connectivity index is 2.04. The number of carbonyl (C=O) groups is 1. The van der Waals surface area contributed by atoms with Gasteiger partial charge in [-0.2, -0.15) is 0 Å². The molecule has 1 atom stereocenters. The van der Waals surface area contributed by atoms with Crippen LogP contribution in [0.25, 0.3) is 0 Å². The lowest BCUT2D eigenvalue weighted by atomic mass is 9.95. The first kappa shape index (κ1) is 13.0. The highest BCUT2D eigenvalue weighted by molar-refractivity contribution is 7.12. The van der Waals surface area contributed by atoms with Crippen LogP contribution in [0.4, 0.5) is 0 Å². The van der Waals surface area contributed by atoms with E-state index in [4.69, 9.17) is 0 Å². The first-order chi connectivity index (χ1) is 8.70. The molecule has 0 aliphatic rings. The van der Waals surface area contributed by atoms with Crippen LogP contribution >= 0.6 is 11.3 Å². The number of ketones is 1. The van der Waals surface area contributed by atoms with E-state index in [2.05, 4.69) is 19.1 Å². The van der Waals surface area contributed by atoms with E-state index in [0.717, 1.165) is 12.0 Å². The number of rotatable bonds is 5. The molecule has 0 saturated heterocycles. The molecule has 1 heterocycles. The summed E-state index contributed by atoms with van der Waals surface area (Å²) in [5.41, 5.74) is 1.11. The maximum absolute atomic E-state index is 12.2. The maximum Gasteiger partial charge on any atom is 0.145 e. The van der Waals surface area contributed by atoms with Gasteiger partial charge in [-0.25, -0.2) is 0 Å². The minimum absolute atomic E-state index is 0.0154. The number of aryl methyl sites for hydroxylation is 1. The molecule has 1 nitrogen and oxygen atoms in total. The standard InChI is InChI=1S/C16H18OS/c1-3-14-9-10-15(18-14)11-16(17)12(2)13-7-5-4-6-8-13/h4-10,12H,3,11H2,1-2H3. The van der Waals surface area contributed by atoms with E-state index in [0.29, 0.717) is 12.2 Å². The molecule has 0 amide bonds. The van der Waals surface area contributed by atoms with Gasteiger partial charge >= 0.3 is 0 Å². The lowest BCUT2D eigenvalue weighted by Gasteiger charge is -2.09. The van der Waals surface area contributed by atoms with Crippen LogP contribution in [-0.4, -0.2) is 5.78 Å². The van der Waals surface area contributed by atoms with E-state index in [1.54, 1.807) is 11.3 Å². The van der Waals surface area contributed by atoms with Crippen LogP contribution in [0.1, 0.15) is 35.1 Å². The smallest absolute Gasteiger partial charge is 0.145 e. The van der Waals surface area contributed by atoms with Gasteiger partial charge < -0.3 is 0 Å². The Kier molecular flexibility index (Phi) is 4.32. The first-order valence-electron chi connectivity index (χ1n) is 6.36. The number of hydrogen-bond donors (Lipinski definition) is 0. The van der Waals surface area contributed by atoms with Crippen molar-refractivity contribution in [2.75, 3.05) is 0 Å². The van der Waals surface area contributed by atoms with E-state index < -0.39 is 0 Å². The minimum Gasteiger partial charge on any atom is -0.299 e. The zero-order valence-corrected chi connectivity index (χ0v) is 11.7. The van der Waals surface area contributed by atoms with Crippen molar-refractivity contribution < 1.29 is 4.79 Å². The van der Waals surface area contributed by atoms with Crippen LogP contribution in [-0.2, 0) is 17.6 Å². The molecule has 18 heavy (non-hydrogen) atoms. The molecule has 0 radical (unpaired) electrons. The molecule has 0 aliphatic heterocycles. The molecule has 0 saturated carbocycles. The predicted octanol–water partition coefficient (Wildman–Crippen LogP) is 4.23.